The first-order valence-electron chi connectivity index (χ1n) is 8.76. The largest absolute Gasteiger partial charge is 0.330 e. The first kappa shape index (κ1) is 21.0. The molecule has 0 saturated heterocycles. The van der Waals surface area contributed by atoms with Gasteiger partial charge in [0.2, 0.25) is 0 Å². The van der Waals surface area contributed by atoms with Gasteiger partial charge < -0.3 is 5.73 Å². The third-order valence-electron chi connectivity index (χ3n) is 4.25. The lowest BCUT2D eigenvalue weighted by Gasteiger charge is -2.20. The quantitative estimate of drug-likeness (QED) is 0.555. The molecule has 2 atom stereocenters. The molecule has 2 unspecified atom stereocenters. The van der Waals surface area contributed by atoms with Gasteiger partial charge in [-0.1, -0.05) is 31.9 Å². The van der Waals surface area contributed by atoms with Gasteiger partial charge in [0.1, 0.15) is 0 Å². The van der Waals surface area contributed by atoms with Crippen LogP contribution in [0.15, 0.2) is 32.3 Å². The molecule has 0 amide bonds. The first-order valence-corrected chi connectivity index (χ1v) is 9.14. The number of pyridine rings is 1. The van der Waals surface area contributed by atoms with Gasteiger partial charge in [0.25, 0.3) is 5.56 Å². The molecule has 0 spiro atoms. The van der Waals surface area contributed by atoms with Gasteiger partial charge in [-0.2, -0.15) is 0 Å². The van der Waals surface area contributed by atoms with Crippen molar-refractivity contribution in [2.24, 2.45) is 10.7 Å². The van der Waals surface area contributed by atoms with Crippen molar-refractivity contribution >= 4 is 28.8 Å². The molecule has 0 aliphatic heterocycles. The molecular weight excluding hydrogens is 373 g/mol. The summed E-state index contributed by atoms with van der Waals surface area (Å²) in [4.78, 5) is 34.9. The molecule has 0 fully saturated rings. The predicted octanol–water partition coefficient (Wildman–Crippen LogP) is 2.93. The molecule has 2 aromatic heterocycles. The van der Waals surface area contributed by atoms with Crippen molar-refractivity contribution in [3.63, 3.8) is 0 Å². The SMILES string of the molecule is CCCC(N)N=C/C=C(/C)C(CC)n1c(=O)[nH]c(=O)c2cc(F)c(Cl)nc21. The van der Waals surface area contributed by atoms with Gasteiger partial charge in [0.15, 0.2) is 16.6 Å². The van der Waals surface area contributed by atoms with Crippen LogP contribution in [0.1, 0.15) is 46.1 Å². The van der Waals surface area contributed by atoms with E-state index in [-0.39, 0.29) is 17.2 Å². The van der Waals surface area contributed by atoms with Crippen molar-refractivity contribution in [1.82, 2.24) is 14.5 Å². The Bertz CT molecular complexity index is 996. The lowest BCUT2D eigenvalue weighted by atomic mass is 10.1. The third kappa shape index (κ3) is 4.70. The first-order chi connectivity index (χ1) is 12.8. The van der Waals surface area contributed by atoms with Crippen LogP contribution in [0.5, 0.6) is 0 Å². The number of rotatable bonds is 7. The van der Waals surface area contributed by atoms with E-state index in [0.29, 0.717) is 6.42 Å². The fourth-order valence-corrected chi connectivity index (χ4v) is 3.01. The average molecular weight is 396 g/mol. The zero-order chi connectivity index (χ0) is 20.1. The van der Waals surface area contributed by atoms with E-state index in [1.54, 1.807) is 12.3 Å². The van der Waals surface area contributed by atoms with Gasteiger partial charge in [0.05, 0.1) is 17.6 Å². The van der Waals surface area contributed by atoms with E-state index in [9.17, 15) is 14.0 Å². The summed E-state index contributed by atoms with van der Waals surface area (Å²) in [6, 6.07) is 0.566. The zero-order valence-electron chi connectivity index (χ0n) is 15.5. The van der Waals surface area contributed by atoms with Crippen LogP contribution in [0.3, 0.4) is 0 Å². The molecule has 7 nitrogen and oxygen atoms in total. The Morgan fingerprint density at radius 1 is 1.48 bits per heavy atom. The van der Waals surface area contributed by atoms with Crippen LogP contribution < -0.4 is 17.0 Å². The Balaban J connectivity index is 2.57. The van der Waals surface area contributed by atoms with E-state index in [1.807, 2.05) is 20.8 Å². The van der Waals surface area contributed by atoms with Gasteiger partial charge in [-0.25, -0.2) is 14.2 Å². The van der Waals surface area contributed by atoms with Crippen molar-refractivity contribution in [3.05, 3.63) is 49.5 Å². The maximum absolute atomic E-state index is 13.7. The van der Waals surface area contributed by atoms with Crippen molar-refractivity contribution in [3.8, 4) is 0 Å². The van der Waals surface area contributed by atoms with Crippen molar-refractivity contribution in [1.29, 1.82) is 0 Å². The lowest BCUT2D eigenvalue weighted by Crippen LogP contribution is -2.34. The van der Waals surface area contributed by atoms with Gasteiger partial charge >= 0.3 is 5.69 Å². The molecular formula is C18H23ClFN5O2. The Morgan fingerprint density at radius 3 is 2.81 bits per heavy atom. The van der Waals surface area contributed by atoms with E-state index in [1.165, 1.54) is 4.57 Å². The van der Waals surface area contributed by atoms with Crippen molar-refractivity contribution < 1.29 is 4.39 Å². The van der Waals surface area contributed by atoms with Crippen LogP contribution in [0, 0.1) is 5.82 Å². The van der Waals surface area contributed by atoms with Gasteiger partial charge in [0, 0.05) is 6.21 Å². The normalized spacial score (nSPS) is 14.8. The van der Waals surface area contributed by atoms with Gasteiger partial charge in [-0.15, -0.1) is 0 Å². The molecule has 27 heavy (non-hydrogen) atoms. The fraction of sp³-hybridized carbons (Fsp3) is 0.444. The second-order valence-corrected chi connectivity index (χ2v) is 6.61. The fourth-order valence-electron chi connectivity index (χ4n) is 2.88. The molecule has 0 bridgehead atoms. The number of hydrogen-bond acceptors (Lipinski definition) is 5. The number of fused-ring (bicyclic) bond motifs is 1. The van der Waals surface area contributed by atoms with E-state index >= 15 is 0 Å². The molecule has 3 N–H and O–H groups in total. The molecule has 0 aliphatic rings. The minimum absolute atomic E-state index is 0.0365. The Hall–Kier alpha value is -2.32. The number of nitrogens with two attached hydrogens (primary N) is 1. The number of aromatic amines is 1. The number of H-pyrrole nitrogens is 1. The summed E-state index contributed by atoms with van der Waals surface area (Å²) in [6.07, 6.45) is 5.34. The topological polar surface area (TPSA) is 106 Å². The Kier molecular flexibility index (Phi) is 7.04. The van der Waals surface area contributed by atoms with Crippen molar-refractivity contribution in [2.75, 3.05) is 0 Å². The summed E-state index contributed by atoms with van der Waals surface area (Å²) >= 11 is 5.78. The van der Waals surface area contributed by atoms with Gasteiger partial charge in [-0.3, -0.25) is 19.3 Å². The summed E-state index contributed by atoms with van der Waals surface area (Å²) in [5.41, 5.74) is 5.35. The summed E-state index contributed by atoms with van der Waals surface area (Å²) in [5, 5.41) is -0.439. The van der Waals surface area contributed by atoms with Crippen LogP contribution in [0.4, 0.5) is 4.39 Å². The Morgan fingerprint density at radius 2 is 2.19 bits per heavy atom. The van der Waals surface area contributed by atoms with Crippen LogP contribution in [0.2, 0.25) is 5.15 Å². The van der Waals surface area contributed by atoms with Gasteiger partial charge in [-0.05, 0) is 37.5 Å². The molecule has 2 aromatic rings. The second-order valence-electron chi connectivity index (χ2n) is 6.25. The standard InChI is InChI=1S/C18H23ClFN5O2/c1-4-6-14(21)22-8-7-10(3)13(5-2)25-16-11(17(26)24-18(25)27)9-12(20)15(19)23-16/h7-9,13-14H,4-6,21H2,1-3H3,(H,24,26,27)/b10-7-,22-8?. The van der Waals surface area contributed by atoms with Crippen molar-refractivity contribution in [2.45, 2.75) is 52.2 Å². The highest BCUT2D eigenvalue weighted by Crippen LogP contribution is 2.23. The molecule has 2 heterocycles. The van der Waals surface area contributed by atoms with Crippen LogP contribution in [-0.2, 0) is 0 Å². The van der Waals surface area contributed by atoms with Crippen LogP contribution >= 0.6 is 11.6 Å². The smallest absolute Gasteiger partial charge is 0.310 e. The molecule has 0 radical (unpaired) electrons. The number of nitrogens with zero attached hydrogens (tertiary/aromatic N) is 3. The molecule has 2 rings (SSSR count). The number of hydrogen-bond donors (Lipinski definition) is 2. The number of halogens is 2. The van der Waals surface area contributed by atoms with E-state index in [4.69, 9.17) is 17.3 Å². The van der Waals surface area contributed by atoms with Crippen LogP contribution in [0.25, 0.3) is 11.0 Å². The maximum atomic E-state index is 13.7. The van der Waals surface area contributed by atoms with E-state index in [2.05, 4.69) is 15.0 Å². The summed E-state index contributed by atoms with van der Waals surface area (Å²) in [6.45, 7) is 5.74. The summed E-state index contributed by atoms with van der Waals surface area (Å²) in [5.74, 6) is -0.822. The molecule has 0 aliphatic carbocycles. The third-order valence-corrected chi connectivity index (χ3v) is 4.51. The minimum atomic E-state index is -0.822. The highest BCUT2D eigenvalue weighted by Gasteiger charge is 2.19. The highest BCUT2D eigenvalue weighted by atomic mass is 35.5. The Labute approximate surface area is 160 Å². The van der Waals surface area contributed by atoms with E-state index < -0.39 is 28.3 Å². The average Bonchev–Trinajstić information content (AvgIpc) is 2.60. The number of aliphatic imine (C=N–C) groups is 1. The molecule has 0 saturated carbocycles. The number of allylic oxidation sites excluding steroid dienone is 2. The zero-order valence-corrected chi connectivity index (χ0v) is 16.3. The van der Waals surface area contributed by atoms with Crippen LogP contribution in [-0.4, -0.2) is 26.9 Å². The molecule has 146 valence electrons. The monoisotopic (exact) mass is 395 g/mol. The number of nitrogens with one attached hydrogen (secondary N) is 1. The number of aromatic nitrogens is 3. The lowest BCUT2D eigenvalue weighted by molar-refractivity contribution is 0.539. The summed E-state index contributed by atoms with van der Waals surface area (Å²) < 4.78 is 15.0. The highest BCUT2D eigenvalue weighted by molar-refractivity contribution is 6.29. The van der Waals surface area contributed by atoms with E-state index in [0.717, 1.165) is 24.5 Å². The predicted molar refractivity (Wildman–Crippen MR) is 106 cm³/mol. The summed E-state index contributed by atoms with van der Waals surface area (Å²) in [7, 11) is 0. The maximum Gasteiger partial charge on any atom is 0.330 e. The molecule has 9 heteroatoms. The molecule has 0 aromatic carbocycles. The second kappa shape index (κ2) is 9.05. The minimum Gasteiger partial charge on any atom is -0.310 e.